The van der Waals surface area contributed by atoms with Gasteiger partial charge in [0.15, 0.2) is 0 Å². The molecule has 2 aromatic rings. The van der Waals surface area contributed by atoms with E-state index in [1.54, 1.807) is 16.3 Å². The standard InChI is InChI=1S/C15H13ClN2OS/c16-12-5-3-11(4-6-12)14-7-8-15(19)18(17-14)10-13-2-1-9-20-13/h1-6,9H,7-8,10H2. The van der Waals surface area contributed by atoms with E-state index in [1.165, 1.54) is 0 Å². The first-order valence-corrected chi connectivity index (χ1v) is 7.64. The number of rotatable bonds is 3. The predicted octanol–water partition coefficient (Wildman–Crippen LogP) is 3.93. The Morgan fingerprint density at radius 1 is 1.20 bits per heavy atom. The number of hydrazone groups is 1. The van der Waals surface area contributed by atoms with Gasteiger partial charge in [0.1, 0.15) is 0 Å². The lowest BCUT2D eigenvalue weighted by molar-refractivity contribution is -0.132. The molecule has 0 unspecified atom stereocenters. The molecule has 0 aliphatic carbocycles. The Hall–Kier alpha value is -1.65. The normalized spacial score (nSPS) is 15.3. The molecule has 1 aromatic carbocycles. The van der Waals surface area contributed by atoms with Gasteiger partial charge in [-0.3, -0.25) is 4.79 Å². The van der Waals surface area contributed by atoms with Gasteiger partial charge in [-0.05, 0) is 29.1 Å². The number of carbonyl (C=O) groups excluding carboxylic acids is 1. The Balaban J connectivity index is 1.84. The van der Waals surface area contributed by atoms with Crippen molar-refractivity contribution in [3.63, 3.8) is 0 Å². The molecule has 0 saturated carbocycles. The number of carbonyl (C=O) groups is 1. The molecule has 0 fully saturated rings. The smallest absolute Gasteiger partial charge is 0.243 e. The number of halogens is 1. The van der Waals surface area contributed by atoms with E-state index in [0.29, 0.717) is 24.4 Å². The van der Waals surface area contributed by atoms with Crippen LogP contribution in [-0.4, -0.2) is 16.6 Å². The highest BCUT2D eigenvalue weighted by molar-refractivity contribution is 7.09. The topological polar surface area (TPSA) is 32.7 Å². The molecule has 2 heterocycles. The third kappa shape index (κ3) is 2.92. The van der Waals surface area contributed by atoms with Gasteiger partial charge in [0.05, 0.1) is 12.3 Å². The third-order valence-electron chi connectivity index (χ3n) is 3.17. The van der Waals surface area contributed by atoms with Crippen molar-refractivity contribution in [1.29, 1.82) is 0 Å². The summed E-state index contributed by atoms with van der Waals surface area (Å²) in [5.74, 6) is 0.0797. The van der Waals surface area contributed by atoms with Gasteiger partial charge in [-0.15, -0.1) is 11.3 Å². The molecule has 1 aromatic heterocycles. The monoisotopic (exact) mass is 304 g/mol. The lowest BCUT2D eigenvalue weighted by Gasteiger charge is -2.23. The molecule has 1 aliphatic rings. The summed E-state index contributed by atoms with van der Waals surface area (Å²) in [7, 11) is 0. The van der Waals surface area contributed by atoms with Crippen molar-refractivity contribution in [3.05, 3.63) is 57.2 Å². The Morgan fingerprint density at radius 3 is 2.70 bits per heavy atom. The Labute approximate surface area is 126 Å². The lowest BCUT2D eigenvalue weighted by atomic mass is 10.0. The summed E-state index contributed by atoms with van der Waals surface area (Å²) in [6.07, 6.45) is 1.19. The summed E-state index contributed by atoms with van der Waals surface area (Å²) < 4.78 is 0. The van der Waals surface area contributed by atoms with Crippen LogP contribution in [0, 0.1) is 0 Å². The maximum absolute atomic E-state index is 12.0. The van der Waals surface area contributed by atoms with Gasteiger partial charge in [0.25, 0.3) is 0 Å². The van der Waals surface area contributed by atoms with Gasteiger partial charge in [0, 0.05) is 22.7 Å². The lowest BCUT2D eigenvalue weighted by Crippen LogP contribution is -2.31. The molecule has 5 heteroatoms. The van der Waals surface area contributed by atoms with Crippen LogP contribution in [0.15, 0.2) is 46.9 Å². The average Bonchev–Trinajstić information content (AvgIpc) is 2.95. The van der Waals surface area contributed by atoms with Gasteiger partial charge >= 0.3 is 0 Å². The molecular weight excluding hydrogens is 292 g/mol. The molecule has 0 N–H and O–H groups in total. The first-order chi connectivity index (χ1) is 9.72. The van der Waals surface area contributed by atoms with E-state index >= 15 is 0 Å². The molecule has 3 nitrogen and oxygen atoms in total. The minimum atomic E-state index is 0.0797. The summed E-state index contributed by atoms with van der Waals surface area (Å²) >= 11 is 7.53. The van der Waals surface area contributed by atoms with Gasteiger partial charge in [-0.2, -0.15) is 5.10 Å². The summed E-state index contributed by atoms with van der Waals surface area (Å²) in [5, 5.41) is 8.78. The van der Waals surface area contributed by atoms with Crippen molar-refractivity contribution in [2.75, 3.05) is 0 Å². The van der Waals surface area contributed by atoms with Crippen LogP contribution in [0.1, 0.15) is 23.3 Å². The molecule has 102 valence electrons. The Morgan fingerprint density at radius 2 is 2.00 bits per heavy atom. The number of nitrogens with zero attached hydrogens (tertiary/aromatic N) is 2. The fraction of sp³-hybridized carbons (Fsp3) is 0.200. The molecule has 0 bridgehead atoms. The van der Waals surface area contributed by atoms with Crippen molar-refractivity contribution in [3.8, 4) is 0 Å². The first-order valence-electron chi connectivity index (χ1n) is 6.38. The number of benzene rings is 1. The maximum Gasteiger partial charge on any atom is 0.243 e. The highest BCUT2D eigenvalue weighted by Gasteiger charge is 2.21. The summed E-state index contributed by atoms with van der Waals surface area (Å²) in [6, 6.07) is 11.6. The van der Waals surface area contributed by atoms with E-state index in [-0.39, 0.29) is 5.91 Å². The second-order valence-corrected chi connectivity index (χ2v) is 6.05. The second-order valence-electron chi connectivity index (χ2n) is 4.58. The van der Waals surface area contributed by atoms with Crippen molar-refractivity contribution in [2.24, 2.45) is 5.10 Å². The molecule has 0 radical (unpaired) electrons. The third-order valence-corrected chi connectivity index (χ3v) is 4.28. The van der Waals surface area contributed by atoms with Crippen molar-refractivity contribution < 1.29 is 4.79 Å². The van der Waals surface area contributed by atoms with E-state index in [4.69, 9.17) is 11.6 Å². The minimum Gasteiger partial charge on any atom is -0.273 e. The second kappa shape index (κ2) is 5.77. The van der Waals surface area contributed by atoms with Crippen LogP contribution in [0.25, 0.3) is 0 Å². The molecule has 20 heavy (non-hydrogen) atoms. The van der Waals surface area contributed by atoms with Gasteiger partial charge in [-0.1, -0.05) is 29.8 Å². The van der Waals surface area contributed by atoms with Crippen LogP contribution < -0.4 is 0 Å². The zero-order valence-corrected chi connectivity index (χ0v) is 12.3. The van der Waals surface area contributed by atoms with Crippen LogP contribution in [0.2, 0.25) is 5.02 Å². The Kier molecular flexibility index (Phi) is 3.85. The number of amides is 1. The predicted molar refractivity (Wildman–Crippen MR) is 82.1 cm³/mol. The number of thiophene rings is 1. The van der Waals surface area contributed by atoms with Gasteiger partial charge < -0.3 is 0 Å². The highest BCUT2D eigenvalue weighted by atomic mass is 35.5. The van der Waals surface area contributed by atoms with Crippen LogP contribution >= 0.6 is 22.9 Å². The number of hydrogen-bond acceptors (Lipinski definition) is 3. The van der Waals surface area contributed by atoms with E-state index in [1.807, 2.05) is 41.8 Å². The minimum absolute atomic E-state index is 0.0797. The quantitative estimate of drug-likeness (QED) is 0.845. The fourth-order valence-electron chi connectivity index (χ4n) is 2.12. The highest BCUT2D eigenvalue weighted by Crippen LogP contribution is 2.20. The Bertz CT molecular complexity index is 634. The van der Waals surface area contributed by atoms with Crippen molar-refractivity contribution in [2.45, 2.75) is 19.4 Å². The molecule has 0 saturated heterocycles. The van der Waals surface area contributed by atoms with Crippen LogP contribution in [0.4, 0.5) is 0 Å². The van der Waals surface area contributed by atoms with E-state index < -0.39 is 0 Å². The molecule has 3 rings (SSSR count). The maximum atomic E-state index is 12.0. The van der Waals surface area contributed by atoms with E-state index in [0.717, 1.165) is 16.2 Å². The largest absolute Gasteiger partial charge is 0.273 e. The van der Waals surface area contributed by atoms with Crippen LogP contribution in [0.5, 0.6) is 0 Å². The zero-order chi connectivity index (χ0) is 13.9. The first kappa shape index (κ1) is 13.3. The molecule has 0 spiro atoms. The number of hydrogen-bond donors (Lipinski definition) is 0. The van der Waals surface area contributed by atoms with Gasteiger partial charge in [-0.25, -0.2) is 5.01 Å². The summed E-state index contributed by atoms with van der Waals surface area (Å²) in [4.78, 5) is 13.1. The molecule has 1 amide bonds. The van der Waals surface area contributed by atoms with Crippen LogP contribution in [-0.2, 0) is 11.3 Å². The van der Waals surface area contributed by atoms with Crippen molar-refractivity contribution >= 4 is 34.6 Å². The van der Waals surface area contributed by atoms with E-state index in [2.05, 4.69) is 5.10 Å². The van der Waals surface area contributed by atoms with Crippen LogP contribution in [0.3, 0.4) is 0 Å². The zero-order valence-electron chi connectivity index (χ0n) is 10.8. The molecule has 0 atom stereocenters. The summed E-state index contributed by atoms with van der Waals surface area (Å²) in [5.41, 5.74) is 1.97. The van der Waals surface area contributed by atoms with Crippen molar-refractivity contribution in [1.82, 2.24) is 5.01 Å². The summed E-state index contributed by atoms with van der Waals surface area (Å²) in [6.45, 7) is 0.549. The van der Waals surface area contributed by atoms with E-state index in [9.17, 15) is 4.79 Å². The fourth-order valence-corrected chi connectivity index (χ4v) is 2.94. The average molecular weight is 305 g/mol. The van der Waals surface area contributed by atoms with Gasteiger partial charge in [0.2, 0.25) is 5.91 Å². The molecular formula is C15H13ClN2OS. The molecule has 1 aliphatic heterocycles. The SMILES string of the molecule is O=C1CCC(c2ccc(Cl)cc2)=NN1Cc1cccs1.